The summed E-state index contributed by atoms with van der Waals surface area (Å²) in [6.45, 7) is 0. The van der Waals surface area contributed by atoms with Crippen molar-refractivity contribution >= 4 is 47.4 Å². The lowest BCUT2D eigenvalue weighted by atomic mass is 10.3. The Kier molecular flexibility index (Phi) is 3.19. The van der Waals surface area contributed by atoms with Gasteiger partial charge in [0.2, 0.25) is 5.88 Å². The second kappa shape index (κ2) is 4.68. The van der Waals surface area contributed by atoms with E-state index >= 15 is 0 Å². The Morgan fingerprint density at radius 3 is 2.67 bits per heavy atom. The van der Waals surface area contributed by atoms with Gasteiger partial charge < -0.3 is 5.11 Å². The molecule has 3 aromatic rings. The summed E-state index contributed by atoms with van der Waals surface area (Å²) in [4.78, 5) is 13.5. The number of aromatic amines is 1. The molecule has 2 aromatic heterocycles. The minimum Gasteiger partial charge on any atom is -0.493 e. The highest BCUT2D eigenvalue weighted by molar-refractivity contribution is 9.10. The second-order valence-corrected chi connectivity index (χ2v) is 7.89. The molecule has 2 heterocycles. The summed E-state index contributed by atoms with van der Waals surface area (Å²) in [6, 6.07) is 4.24. The molecule has 0 atom stereocenters. The van der Waals surface area contributed by atoms with E-state index in [-0.39, 0.29) is 13.4 Å². The highest BCUT2D eigenvalue weighted by Gasteiger charge is 2.27. The van der Waals surface area contributed by atoms with Crippen LogP contribution < -0.4 is 5.69 Å². The molecule has 3 rings (SSSR count). The van der Waals surface area contributed by atoms with E-state index in [2.05, 4.69) is 15.9 Å². The van der Waals surface area contributed by atoms with Gasteiger partial charge in [-0.3, -0.25) is 4.98 Å². The van der Waals surface area contributed by atoms with E-state index < -0.39 is 27.4 Å². The summed E-state index contributed by atoms with van der Waals surface area (Å²) in [6.07, 6.45) is 0.755. The lowest BCUT2D eigenvalue weighted by molar-refractivity contribution is 0.455. The van der Waals surface area contributed by atoms with Crippen molar-refractivity contribution in [1.82, 2.24) is 8.96 Å². The number of rotatable bonds is 2. The third-order valence-corrected chi connectivity index (χ3v) is 7.45. The van der Waals surface area contributed by atoms with E-state index in [4.69, 9.17) is 0 Å². The van der Waals surface area contributed by atoms with Crippen molar-refractivity contribution < 1.29 is 17.9 Å². The molecule has 0 aliphatic heterocycles. The molecule has 0 fully saturated rings. The Labute approximate surface area is 129 Å². The fourth-order valence-electron chi connectivity index (χ4n) is 1.83. The quantitative estimate of drug-likeness (QED) is 0.699. The van der Waals surface area contributed by atoms with Crippen LogP contribution in [-0.4, -0.2) is 22.5 Å². The molecule has 6 nitrogen and oxygen atoms in total. The standard InChI is InChI=1S/C11H6BrFN2O4S2/c12-8-5-2-1-3-6(13)9(5)20-10(8)21(18,19)15-4-7(16)14-11(15)17/h1-4,16H,(H,14,17). The van der Waals surface area contributed by atoms with Crippen molar-refractivity contribution in [3.63, 3.8) is 0 Å². The van der Waals surface area contributed by atoms with E-state index in [0.717, 1.165) is 6.20 Å². The highest BCUT2D eigenvalue weighted by atomic mass is 79.9. The summed E-state index contributed by atoms with van der Waals surface area (Å²) < 4.78 is 39.1. The summed E-state index contributed by atoms with van der Waals surface area (Å²) >= 11 is 3.83. The van der Waals surface area contributed by atoms with Gasteiger partial charge in [0.25, 0.3) is 10.0 Å². The predicted molar refractivity (Wildman–Crippen MR) is 78.8 cm³/mol. The molecule has 0 aliphatic carbocycles. The molecule has 0 unspecified atom stereocenters. The maximum atomic E-state index is 13.7. The minimum atomic E-state index is -4.24. The van der Waals surface area contributed by atoms with Gasteiger partial charge in [-0.25, -0.2) is 9.18 Å². The molecule has 0 amide bonds. The number of aromatic nitrogens is 2. The van der Waals surface area contributed by atoms with Gasteiger partial charge in [-0.15, -0.1) is 11.3 Å². The van der Waals surface area contributed by atoms with Crippen LogP contribution in [0.25, 0.3) is 10.1 Å². The fraction of sp³-hybridized carbons (Fsp3) is 0. The molecule has 110 valence electrons. The van der Waals surface area contributed by atoms with Crippen LogP contribution >= 0.6 is 27.3 Å². The summed E-state index contributed by atoms with van der Waals surface area (Å²) in [5, 5.41) is 9.58. The molecule has 0 aliphatic rings. The Bertz CT molecular complexity index is 1020. The Balaban J connectivity index is 2.34. The number of H-pyrrole nitrogens is 1. The number of aromatic hydroxyl groups is 1. The molecule has 0 radical (unpaired) electrons. The molecule has 2 N–H and O–H groups in total. The van der Waals surface area contributed by atoms with Crippen LogP contribution in [0.1, 0.15) is 0 Å². The smallest absolute Gasteiger partial charge is 0.342 e. The number of halogens is 2. The Morgan fingerprint density at radius 1 is 1.38 bits per heavy atom. The van der Waals surface area contributed by atoms with Crippen molar-refractivity contribution in [3.05, 3.63) is 45.2 Å². The lowest BCUT2D eigenvalue weighted by Gasteiger charge is -2.01. The van der Waals surface area contributed by atoms with E-state index in [1.165, 1.54) is 12.1 Å². The van der Waals surface area contributed by atoms with Gasteiger partial charge in [0.1, 0.15) is 5.82 Å². The predicted octanol–water partition coefficient (Wildman–Crippen LogP) is 2.24. The topological polar surface area (TPSA) is 92.2 Å². The van der Waals surface area contributed by atoms with E-state index in [0.29, 0.717) is 20.7 Å². The molecule has 0 bridgehead atoms. The third kappa shape index (κ3) is 2.10. The maximum Gasteiger partial charge on any atom is 0.342 e. The van der Waals surface area contributed by atoms with Crippen molar-refractivity contribution in [2.45, 2.75) is 4.21 Å². The zero-order valence-corrected chi connectivity index (χ0v) is 13.2. The molecule has 10 heteroatoms. The zero-order chi connectivity index (χ0) is 15.4. The van der Waals surface area contributed by atoms with E-state index in [9.17, 15) is 22.7 Å². The van der Waals surface area contributed by atoms with Crippen molar-refractivity contribution in [1.29, 1.82) is 0 Å². The Morgan fingerprint density at radius 2 is 2.10 bits per heavy atom. The fourth-order valence-corrected chi connectivity index (χ4v) is 5.91. The SMILES string of the molecule is O=c1[nH]c(O)cn1S(=O)(=O)c1sc2c(F)cccc2c1Br. The largest absolute Gasteiger partial charge is 0.493 e. The Hall–Kier alpha value is -1.65. The maximum absolute atomic E-state index is 13.7. The number of fused-ring (bicyclic) bond motifs is 1. The number of hydrogen-bond acceptors (Lipinski definition) is 5. The first-order chi connectivity index (χ1) is 9.82. The molecule has 0 saturated heterocycles. The van der Waals surface area contributed by atoms with Gasteiger partial charge in [0, 0.05) is 5.39 Å². The number of benzene rings is 1. The molecular weight excluding hydrogens is 387 g/mol. The molecule has 0 saturated carbocycles. The van der Waals surface area contributed by atoms with Crippen LogP contribution in [0.3, 0.4) is 0 Å². The van der Waals surface area contributed by atoms with Crippen molar-refractivity contribution in [3.8, 4) is 5.88 Å². The van der Waals surface area contributed by atoms with Gasteiger partial charge in [-0.05, 0) is 22.0 Å². The monoisotopic (exact) mass is 392 g/mol. The van der Waals surface area contributed by atoms with E-state index in [1.54, 1.807) is 6.07 Å². The van der Waals surface area contributed by atoms with Gasteiger partial charge >= 0.3 is 5.69 Å². The first-order valence-corrected chi connectivity index (χ1v) is 8.50. The van der Waals surface area contributed by atoms with Crippen LogP contribution in [-0.2, 0) is 10.0 Å². The van der Waals surface area contributed by atoms with Crippen LogP contribution in [0.4, 0.5) is 4.39 Å². The molecular formula is C11H6BrFN2O4S2. The van der Waals surface area contributed by atoms with Crippen LogP contribution in [0.15, 0.2) is 37.9 Å². The third-order valence-electron chi connectivity index (χ3n) is 2.75. The van der Waals surface area contributed by atoms with Crippen LogP contribution in [0.5, 0.6) is 5.88 Å². The first-order valence-electron chi connectivity index (χ1n) is 5.45. The lowest BCUT2D eigenvalue weighted by Crippen LogP contribution is -2.24. The number of nitrogens with one attached hydrogen (secondary N) is 1. The number of imidazole rings is 1. The van der Waals surface area contributed by atoms with Crippen molar-refractivity contribution in [2.24, 2.45) is 0 Å². The number of hydrogen-bond donors (Lipinski definition) is 2. The second-order valence-electron chi connectivity index (χ2n) is 4.07. The van der Waals surface area contributed by atoms with E-state index in [1.807, 2.05) is 4.98 Å². The minimum absolute atomic E-state index is 0.163. The van der Waals surface area contributed by atoms with Crippen LogP contribution in [0, 0.1) is 5.82 Å². The van der Waals surface area contributed by atoms with Gasteiger partial charge in [-0.2, -0.15) is 12.4 Å². The van der Waals surface area contributed by atoms with Crippen molar-refractivity contribution in [2.75, 3.05) is 0 Å². The summed E-state index contributed by atoms with van der Waals surface area (Å²) in [5.74, 6) is -1.13. The average Bonchev–Trinajstić information content (AvgIpc) is 2.92. The normalized spacial score (nSPS) is 12.1. The molecule has 0 spiro atoms. The molecule has 21 heavy (non-hydrogen) atoms. The number of thiophene rings is 1. The van der Waals surface area contributed by atoms with Gasteiger partial charge in [0.05, 0.1) is 15.4 Å². The van der Waals surface area contributed by atoms with Gasteiger partial charge in [0.15, 0.2) is 4.21 Å². The summed E-state index contributed by atoms with van der Waals surface area (Å²) in [5.41, 5.74) is -1.00. The number of nitrogens with zero attached hydrogens (tertiary/aromatic N) is 1. The summed E-state index contributed by atoms with van der Waals surface area (Å²) in [7, 11) is -4.24. The average molecular weight is 393 g/mol. The zero-order valence-electron chi connectivity index (χ0n) is 10.0. The first kappa shape index (κ1) is 14.3. The molecule has 1 aromatic carbocycles. The van der Waals surface area contributed by atoms with Gasteiger partial charge in [-0.1, -0.05) is 12.1 Å². The van der Waals surface area contributed by atoms with Crippen LogP contribution in [0.2, 0.25) is 0 Å². The highest BCUT2D eigenvalue weighted by Crippen LogP contribution is 2.40.